The monoisotopic (exact) mass is 1490 g/mol. The summed E-state index contributed by atoms with van der Waals surface area (Å²) in [5.41, 5.74) is -6.27. The van der Waals surface area contributed by atoms with Crippen LogP contribution in [-0.4, -0.2) is 209 Å². The van der Waals surface area contributed by atoms with Gasteiger partial charge in [0.15, 0.2) is 5.03 Å². The molecule has 8 aliphatic rings. The highest BCUT2D eigenvalue weighted by atomic mass is 32.2. The van der Waals surface area contributed by atoms with Crippen LogP contribution in [0, 0.1) is 68.0 Å². The molecule has 0 radical (unpaired) electrons. The van der Waals surface area contributed by atoms with Gasteiger partial charge in [0, 0.05) is 70.4 Å². The van der Waals surface area contributed by atoms with Gasteiger partial charge in [-0.1, -0.05) is 129 Å². The molecule has 1 aromatic rings. The van der Waals surface area contributed by atoms with E-state index in [9.17, 15) is 72.0 Å². The molecule has 2 aliphatic heterocycles. The molecule has 0 spiro atoms. The third-order valence-corrected chi connectivity index (χ3v) is 28.9. The van der Waals surface area contributed by atoms with Crippen LogP contribution >= 0.6 is 0 Å². The van der Waals surface area contributed by atoms with E-state index in [0.717, 1.165) is 14.9 Å². The van der Waals surface area contributed by atoms with Crippen molar-refractivity contribution in [3.8, 4) is 0 Å². The highest BCUT2D eigenvalue weighted by molar-refractivity contribution is 7.91. The van der Waals surface area contributed by atoms with Crippen molar-refractivity contribution in [3.05, 3.63) is 49.7 Å². The van der Waals surface area contributed by atoms with Crippen LogP contribution in [0.15, 0.2) is 54.7 Å². The van der Waals surface area contributed by atoms with Gasteiger partial charge in [0.1, 0.15) is 35.2 Å². The second-order valence-electron chi connectivity index (χ2n) is 34.8. The molecule has 9 rings (SSSR count). The predicted octanol–water partition coefficient (Wildman–Crippen LogP) is 3.14. The summed E-state index contributed by atoms with van der Waals surface area (Å²) in [4.78, 5) is 118. The number of amides is 10. The normalized spacial score (nSPS) is 28.4. The van der Waals surface area contributed by atoms with E-state index < -0.39 is 179 Å². The average molecular weight is 1490 g/mol. The quantitative estimate of drug-likeness (QED) is 0.0652. The molecule has 4 unspecified atom stereocenters. The number of carbonyl (C=O) groups is 8. The van der Waals surface area contributed by atoms with E-state index in [1.807, 2.05) is 69.2 Å². The minimum Gasteiger partial charge on any atom is -0.339 e. The summed E-state index contributed by atoms with van der Waals surface area (Å²) >= 11 is 0. The van der Waals surface area contributed by atoms with Crippen LogP contribution in [-0.2, 0) is 68.9 Å². The number of hydrogen-bond acceptors (Lipinski definition) is 17. The van der Waals surface area contributed by atoms with Gasteiger partial charge >= 0.3 is 12.1 Å². The van der Waals surface area contributed by atoms with Crippen LogP contribution in [0.4, 0.5) is 9.59 Å². The molecule has 0 bridgehead atoms. The minimum absolute atomic E-state index is 0.00654. The van der Waals surface area contributed by atoms with Crippen molar-refractivity contribution in [3.63, 3.8) is 0 Å². The van der Waals surface area contributed by atoms with Gasteiger partial charge < -0.3 is 41.7 Å². The number of carbonyl (C=O) groups excluding carboxylic acids is 8. The van der Waals surface area contributed by atoms with E-state index in [0.29, 0.717) is 25.7 Å². The number of hydrogen-bond donors (Lipinski definition) is 8. The third-order valence-electron chi connectivity index (χ3n) is 22.3. The van der Waals surface area contributed by atoms with Gasteiger partial charge in [-0.05, 0) is 107 Å². The fourth-order valence-electron chi connectivity index (χ4n) is 14.4. The van der Waals surface area contributed by atoms with Crippen LogP contribution in [0.5, 0.6) is 0 Å². The second-order valence-corrected chi connectivity index (χ2v) is 42.8. The zero-order valence-electron chi connectivity index (χ0n) is 61.9. The Balaban J connectivity index is 0.000000258. The van der Waals surface area contributed by atoms with Gasteiger partial charge in [-0.15, -0.1) is 13.2 Å². The average Bonchev–Trinajstić information content (AvgIpc) is 1.52. The molecule has 6 saturated carbocycles. The van der Waals surface area contributed by atoms with Crippen LogP contribution < -0.4 is 41.3 Å². The molecule has 101 heavy (non-hydrogen) atoms. The standard InChI is InChI=1S/C36H55N7O8S2.C32H54N6O8S2/c1-11-21-18-36(21,31(46)41-52(48,49)22-15-16-22)40-29(44)27-26-23(35(26,8)9)19-43(27)30(45)28(34(5,6)7)39-32(47)38-24(33(2,3)4)20-42(10)53(50,51)25-14-12-13-17-37-25;1-12-18-15-32(18,27(41)36-48(45,46)19-13-14-19)35-25(39)23-22-20(31(22,8)9)16-38(23)26(40)24(30(5,6)7)34-28(42)33-21(29(2,3)4)17-37(10)47(11,43)44/h11-14,17,21-24,26-28H,1,15-16,18-20H2,2-10H3,(H,40,44)(H,41,46)(H2,38,39,47);12,18-24H,1,13-17H2,2-11H3,(H,35,39)(H,36,41)(H2,33,34,42)/t21?,23?,24-,26+,27+,28-,36-;18?,20?,21-,22+,23+,24-,32-/m11/s1. The molecule has 566 valence electrons. The highest BCUT2D eigenvalue weighted by Crippen LogP contribution is 2.66. The van der Waals surface area contributed by atoms with E-state index in [1.165, 1.54) is 48.3 Å². The number of pyridine rings is 1. The smallest absolute Gasteiger partial charge is 0.315 e. The maximum atomic E-state index is 14.5. The third kappa shape index (κ3) is 16.9. The van der Waals surface area contributed by atoms with E-state index in [2.05, 4.69) is 59.5 Å². The highest BCUT2D eigenvalue weighted by Gasteiger charge is 2.73. The van der Waals surface area contributed by atoms with E-state index in [-0.39, 0.29) is 78.5 Å². The summed E-state index contributed by atoms with van der Waals surface area (Å²) in [7, 11) is -12.4. The first kappa shape index (κ1) is 80.4. The van der Waals surface area contributed by atoms with Gasteiger partial charge in [0.25, 0.3) is 21.8 Å². The van der Waals surface area contributed by atoms with Gasteiger partial charge in [-0.2, -0.15) is 4.31 Å². The topological polar surface area (TPSA) is 395 Å². The lowest BCUT2D eigenvalue weighted by molar-refractivity contribution is -0.144. The van der Waals surface area contributed by atoms with Crippen molar-refractivity contribution in [2.75, 3.05) is 46.5 Å². The number of likely N-dealkylation sites (N-methyl/N-ethyl adjacent to an activating group) is 2. The zero-order valence-corrected chi connectivity index (χ0v) is 65.2. The van der Waals surface area contributed by atoms with Gasteiger partial charge in [-0.3, -0.25) is 38.2 Å². The Labute approximate surface area is 597 Å². The van der Waals surface area contributed by atoms with Gasteiger partial charge in [0.05, 0.1) is 16.8 Å². The zero-order chi connectivity index (χ0) is 76.3. The summed E-state index contributed by atoms with van der Waals surface area (Å²) in [5, 5.41) is 15.7. The fourth-order valence-corrected chi connectivity index (χ4v) is 18.7. The first-order valence-corrected chi connectivity index (χ1v) is 40.9. The lowest BCUT2D eigenvalue weighted by Crippen LogP contribution is -2.63. The number of urea groups is 2. The molecule has 8 fully saturated rings. The summed E-state index contributed by atoms with van der Waals surface area (Å²) in [6, 6.07) is -2.15. The minimum atomic E-state index is -3.96. The van der Waals surface area contributed by atoms with Crippen molar-refractivity contribution in [1.29, 1.82) is 0 Å². The van der Waals surface area contributed by atoms with E-state index >= 15 is 0 Å². The molecule has 1 aromatic heterocycles. The number of fused-ring (bicyclic) bond motifs is 2. The summed E-state index contributed by atoms with van der Waals surface area (Å²) < 4.78 is 108. The lowest BCUT2D eigenvalue weighted by Gasteiger charge is -2.39. The maximum Gasteiger partial charge on any atom is 0.315 e. The SMILES string of the molecule is C=CC1C[C@]1(NC(=O)[C@@H]1[C@@H]2C(CN1C(=O)[C@@H](NC(=O)N[C@H](CN(C)S(=O)(=O)c1ccccn1)C(C)(C)C)C(C)(C)C)C2(C)C)C(=O)NS(=O)(=O)C1CC1.C=CC1C[C@]1(NC(=O)[C@@H]1[C@@H]2C(CN1C(=O)[C@@H](NC(=O)N[C@H](CN(C)S(C)(=O)=O)C(C)(C)C)C(C)(C)C)C2(C)C)C(=O)NS(=O)(=O)C1CC1. The summed E-state index contributed by atoms with van der Waals surface area (Å²) in [5.74, 6) is -5.09. The number of rotatable bonds is 25. The largest absolute Gasteiger partial charge is 0.339 e. The second kappa shape index (κ2) is 27.3. The van der Waals surface area contributed by atoms with Crippen molar-refractivity contribution < 1.29 is 72.0 Å². The Morgan fingerprint density at radius 3 is 1.21 bits per heavy atom. The molecule has 14 atom stereocenters. The molecular weight excluding hydrogens is 1380 g/mol. The van der Waals surface area contributed by atoms with Crippen molar-refractivity contribution in [1.82, 2.24) is 64.7 Å². The first-order valence-electron chi connectivity index (χ1n) is 34.5. The molecule has 0 aromatic carbocycles. The number of aromatic nitrogens is 1. The van der Waals surface area contributed by atoms with Crippen LogP contribution in [0.25, 0.3) is 0 Å². The predicted molar refractivity (Wildman–Crippen MR) is 379 cm³/mol. The molecule has 33 heteroatoms. The van der Waals surface area contributed by atoms with Crippen molar-refractivity contribution in [2.45, 2.75) is 212 Å². The number of sulfonamides is 4. The Bertz CT molecular complexity index is 3950. The van der Waals surface area contributed by atoms with Crippen molar-refractivity contribution >= 4 is 87.6 Å². The maximum absolute atomic E-state index is 14.5. The molecule has 29 nitrogen and oxygen atoms in total. The van der Waals surface area contributed by atoms with E-state index in [1.54, 1.807) is 53.7 Å². The van der Waals surface area contributed by atoms with Crippen LogP contribution in [0.3, 0.4) is 0 Å². The van der Waals surface area contributed by atoms with Crippen LogP contribution in [0.2, 0.25) is 0 Å². The molecule has 3 heterocycles. The van der Waals surface area contributed by atoms with Crippen molar-refractivity contribution in [2.24, 2.45) is 68.0 Å². The number of piperidine rings is 2. The number of nitrogens with one attached hydrogen (secondary N) is 8. The molecule has 6 aliphatic carbocycles. The number of likely N-dealkylation sites (tertiary alicyclic amines) is 2. The molecular formula is C68H109N13O16S4. The van der Waals surface area contributed by atoms with E-state index in [4.69, 9.17) is 0 Å². The Morgan fingerprint density at radius 2 is 0.921 bits per heavy atom. The lowest BCUT2D eigenvalue weighted by atomic mass is 9.85. The summed E-state index contributed by atoms with van der Waals surface area (Å²) in [6.07, 6.45) is 7.73. The Morgan fingerprint density at radius 1 is 0.564 bits per heavy atom. The Kier molecular flexibility index (Phi) is 21.7. The van der Waals surface area contributed by atoms with Gasteiger partial charge in [0.2, 0.25) is 53.7 Å². The first-order chi connectivity index (χ1) is 46.0. The Hall–Kier alpha value is -6.29. The summed E-state index contributed by atoms with van der Waals surface area (Å²) in [6.45, 7) is 38.0. The molecule has 8 N–H and O–H groups in total. The van der Waals surface area contributed by atoms with Crippen LogP contribution in [0.1, 0.15) is 149 Å². The number of nitrogens with zero attached hydrogens (tertiary/aromatic N) is 5. The molecule has 10 amide bonds. The fraction of sp³-hybridized carbons (Fsp3) is 0.750. The van der Waals surface area contributed by atoms with Gasteiger partial charge in [-0.25, -0.2) is 52.5 Å². The molecule has 2 saturated heterocycles.